The topological polar surface area (TPSA) is 37.4 Å². The van der Waals surface area contributed by atoms with Crippen molar-refractivity contribution in [3.05, 3.63) is 27.7 Å². The van der Waals surface area contributed by atoms with Crippen LogP contribution in [0.3, 0.4) is 0 Å². The highest BCUT2D eigenvalue weighted by Crippen LogP contribution is 2.49. The average molecular weight is 308 g/mol. The van der Waals surface area contributed by atoms with Crippen LogP contribution in [0.4, 0.5) is 5.69 Å². The molecule has 4 heteroatoms. The Bertz CT molecular complexity index is 592. The van der Waals surface area contributed by atoms with Gasteiger partial charge in [-0.1, -0.05) is 22.9 Å². The zero-order chi connectivity index (χ0) is 13.2. The van der Waals surface area contributed by atoms with E-state index in [-0.39, 0.29) is 17.2 Å². The van der Waals surface area contributed by atoms with Crippen LogP contribution in [0.5, 0.6) is 0 Å². The zero-order valence-electron chi connectivity index (χ0n) is 10.6. The highest BCUT2D eigenvalue weighted by molar-refractivity contribution is 9.10. The maximum atomic E-state index is 12.2. The highest BCUT2D eigenvalue weighted by atomic mass is 79.9. The Morgan fingerprint density at radius 1 is 1.33 bits per heavy atom. The quantitative estimate of drug-likeness (QED) is 0.690. The van der Waals surface area contributed by atoms with Crippen molar-refractivity contribution < 1.29 is 9.59 Å². The Morgan fingerprint density at radius 3 is 2.67 bits per heavy atom. The molecule has 0 radical (unpaired) electrons. The first-order valence-electron chi connectivity index (χ1n) is 6.05. The van der Waals surface area contributed by atoms with E-state index in [9.17, 15) is 9.59 Å². The summed E-state index contributed by atoms with van der Waals surface area (Å²) in [6.07, 6.45) is 0.870. The summed E-state index contributed by atoms with van der Waals surface area (Å²) in [6.45, 7) is 6.19. The lowest BCUT2D eigenvalue weighted by molar-refractivity contribution is -0.115. The van der Waals surface area contributed by atoms with Crippen molar-refractivity contribution in [1.82, 2.24) is 0 Å². The molecule has 0 aliphatic carbocycles. The minimum atomic E-state index is -0.388. The van der Waals surface area contributed by atoms with Crippen molar-refractivity contribution in [2.75, 3.05) is 4.90 Å². The summed E-state index contributed by atoms with van der Waals surface area (Å²) in [5.41, 5.74) is 2.18. The van der Waals surface area contributed by atoms with Crippen LogP contribution in [0.1, 0.15) is 49.0 Å². The van der Waals surface area contributed by atoms with Crippen LogP contribution in [0.15, 0.2) is 16.6 Å². The normalized spacial score (nSPS) is 24.4. The molecule has 1 unspecified atom stereocenters. The van der Waals surface area contributed by atoms with Crippen LogP contribution in [0, 0.1) is 0 Å². The van der Waals surface area contributed by atoms with Gasteiger partial charge in [0.25, 0.3) is 11.7 Å². The molecule has 0 fully saturated rings. The lowest BCUT2D eigenvalue weighted by atomic mass is 9.80. The fourth-order valence-electron chi connectivity index (χ4n) is 3.27. The monoisotopic (exact) mass is 307 g/mol. The SMILES string of the molecule is CC1CC(C)(C)N2C(=O)C(=O)c3cc(Br)cc1c32. The minimum Gasteiger partial charge on any atom is -0.299 e. The first-order valence-corrected chi connectivity index (χ1v) is 6.84. The largest absolute Gasteiger partial charge is 0.299 e. The molecular weight excluding hydrogens is 294 g/mol. The summed E-state index contributed by atoms with van der Waals surface area (Å²) in [5.74, 6) is -0.419. The highest BCUT2D eigenvalue weighted by Gasteiger charge is 2.49. The number of Topliss-reactive ketones (excluding diaryl/α,β-unsaturated/α-hetero) is 1. The molecule has 1 aromatic rings. The van der Waals surface area contributed by atoms with E-state index in [0.29, 0.717) is 11.5 Å². The third-order valence-corrected chi connectivity index (χ3v) is 4.37. The summed E-state index contributed by atoms with van der Waals surface area (Å²) < 4.78 is 0.866. The first-order chi connectivity index (χ1) is 8.33. The summed E-state index contributed by atoms with van der Waals surface area (Å²) in [5, 5.41) is 0. The number of rotatable bonds is 0. The van der Waals surface area contributed by atoms with Gasteiger partial charge in [-0.2, -0.15) is 0 Å². The van der Waals surface area contributed by atoms with E-state index >= 15 is 0 Å². The maximum absolute atomic E-state index is 12.2. The van der Waals surface area contributed by atoms with E-state index in [2.05, 4.69) is 22.9 Å². The number of anilines is 1. The van der Waals surface area contributed by atoms with Crippen LogP contribution in [0.25, 0.3) is 0 Å². The molecule has 0 saturated heterocycles. The van der Waals surface area contributed by atoms with E-state index in [0.717, 1.165) is 22.1 Å². The maximum Gasteiger partial charge on any atom is 0.299 e. The number of ketones is 1. The van der Waals surface area contributed by atoms with Gasteiger partial charge in [0.15, 0.2) is 0 Å². The number of amides is 1. The molecule has 0 spiro atoms. The van der Waals surface area contributed by atoms with E-state index in [1.807, 2.05) is 19.9 Å². The van der Waals surface area contributed by atoms with Crippen LogP contribution >= 0.6 is 15.9 Å². The second-order valence-corrected chi connectivity index (χ2v) is 6.69. The van der Waals surface area contributed by atoms with E-state index < -0.39 is 0 Å². The van der Waals surface area contributed by atoms with Gasteiger partial charge in [-0.05, 0) is 43.9 Å². The second kappa shape index (κ2) is 3.44. The van der Waals surface area contributed by atoms with Gasteiger partial charge < -0.3 is 0 Å². The summed E-state index contributed by atoms with van der Waals surface area (Å²) in [4.78, 5) is 25.9. The van der Waals surface area contributed by atoms with Crippen LogP contribution < -0.4 is 4.90 Å². The van der Waals surface area contributed by atoms with E-state index in [1.165, 1.54) is 0 Å². The third-order valence-electron chi connectivity index (χ3n) is 3.91. The summed E-state index contributed by atoms with van der Waals surface area (Å²) in [7, 11) is 0. The zero-order valence-corrected chi connectivity index (χ0v) is 12.2. The molecule has 94 valence electrons. The molecule has 2 heterocycles. The number of benzene rings is 1. The molecular formula is C14H14BrNO2. The van der Waals surface area contributed by atoms with Gasteiger partial charge in [-0.3, -0.25) is 14.5 Å². The summed E-state index contributed by atoms with van der Waals surface area (Å²) >= 11 is 3.42. The van der Waals surface area contributed by atoms with Crippen molar-refractivity contribution in [3.63, 3.8) is 0 Å². The molecule has 1 amide bonds. The smallest absolute Gasteiger partial charge is 0.299 e. The molecule has 3 rings (SSSR count). The molecule has 0 saturated carbocycles. The lowest BCUT2D eigenvalue weighted by Gasteiger charge is -2.43. The van der Waals surface area contributed by atoms with Gasteiger partial charge >= 0.3 is 0 Å². The number of carbonyl (C=O) groups excluding carboxylic acids is 2. The number of halogens is 1. The van der Waals surface area contributed by atoms with Gasteiger partial charge in [-0.25, -0.2) is 0 Å². The van der Waals surface area contributed by atoms with Crippen LogP contribution in [-0.4, -0.2) is 17.2 Å². The Balaban J connectivity index is 2.36. The lowest BCUT2D eigenvalue weighted by Crippen LogP contribution is -2.50. The van der Waals surface area contributed by atoms with Crippen molar-refractivity contribution >= 4 is 33.3 Å². The Kier molecular flexibility index (Phi) is 2.28. The number of nitrogens with zero attached hydrogens (tertiary/aromatic N) is 1. The molecule has 3 nitrogen and oxygen atoms in total. The fourth-order valence-corrected chi connectivity index (χ4v) is 3.74. The Morgan fingerprint density at radius 2 is 2.00 bits per heavy atom. The number of hydrogen-bond donors (Lipinski definition) is 0. The van der Waals surface area contributed by atoms with Gasteiger partial charge in [0, 0.05) is 10.0 Å². The first kappa shape index (κ1) is 11.9. The van der Waals surface area contributed by atoms with Crippen molar-refractivity contribution in [1.29, 1.82) is 0 Å². The number of carbonyl (C=O) groups is 2. The Labute approximate surface area is 114 Å². The van der Waals surface area contributed by atoms with Gasteiger partial charge in [-0.15, -0.1) is 0 Å². The molecule has 0 aromatic heterocycles. The second-order valence-electron chi connectivity index (χ2n) is 5.78. The van der Waals surface area contributed by atoms with Gasteiger partial charge in [0.05, 0.1) is 11.3 Å². The molecule has 2 aliphatic rings. The standard InChI is InChI=1S/C14H14BrNO2/c1-7-6-14(2,3)16-11-9(7)4-8(15)5-10(11)12(17)13(16)18/h4-5,7H,6H2,1-3H3. The summed E-state index contributed by atoms with van der Waals surface area (Å²) in [6, 6.07) is 3.78. The van der Waals surface area contributed by atoms with Crippen molar-refractivity contribution in [2.45, 2.75) is 38.6 Å². The molecule has 1 aromatic carbocycles. The molecule has 0 bridgehead atoms. The van der Waals surface area contributed by atoms with Crippen LogP contribution in [0.2, 0.25) is 0 Å². The predicted octanol–water partition coefficient (Wildman–Crippen LogP) is 3.26. The van der Waals surface area contributed by atoms with Crippen LogP contribution in [-0.2, 0) is 4.79 Å². The predicted molar refractivity (Wildman–Crippen MR) is 73.1 cm³/mol. The van der Waals surface area contributed by atoms with E-state index in [4.69, 9.17) is 0 Å². The van der Waals surface area contributed by atoms with Crippen molar-refractivity contribution in [3.8, 4) is 0 Å². The molecule has 1 atom stereocenters. The molecule has 18 heavy (non-hydrogen) atoms. The fraction of sp³-hybridized carbons (Fsp3) is 0.429. The van der Waals surface area contributed by atoms with Gasteiger partial charge in [0.1, 0.15) is 0 Å². The van der Waals surface area contributed by atoms with Gasteiger partial charge in [0.2, 0.25) is 0 Å². The minimum absolute atomic E-state index is 0.293. The average Bonchev–Trinajstić information content (AvgIpc) is 2.50. The van der Waals surface area contributed by atoms with E-state index in [1.54, 1.807) is 11.0 Å². The third kappa shape index (κ3) is 1.35. The molecule has 2 aliphatic heterocycles. The van der Waals surface area contributed by atoms with Crippen molar-refractivity contribution in [2.24, 2.45) is 0 Å². The molecule has 0 N–H and O–H groups in total. The number of hydrogen-bond acceptors (Lipinski definition) is 2. The Hall–Kier alpha value is -1.16.